The quantitative estimate of drug-likeness (QED) is 0.470. The molecule has 0 fully saturated rings. The third-order valence-electron chi connectivity index (χ3n) is 6.01. The first kappa shape index (κ1) is 19.0. The van der Waals surface area contributed by atoms with Crippen LogP contribution in [0.4, 0.5) is 0 Å². The van der Waals surface area contributed by atoms with Gasteiger partial charge in [-0.15, -0.1) is 0 Å². The van der Waals surface area contributed by atoms with Crippen molar-refractivity contribution < 1.29 is 24.2 Å². The van der Waals surface area contributed by atoms with Gasteiger partial charge < -0.3 is 19.7 Å². The number of allylic oxidation sites excluding steroid dienone is 2. The molecule has 150 valence electrons. The lowest BCUT2D eigenvalue weighted by Crippen LogP contribution is -2.49. The molecule has 0 amide bonds. The number of fused-ring (bicyclic) bond motifs is 5. The van der Waals surface area contributed by atoms with E-state index >= 15 is 0 Å². The van der Waals surface area contributed by atoms with Gasteiger partial charge in [0.05, 0.1) is 18.7 Å². The summed E-state index contributed by atoms with van der Waals surface area (Å²) >= 11 is 0. The van der Waals surface area contributed by atoms with Crippen LogP contribution in [-0.4, -0.2) is 46.4 Å². The van der Waals surface area contributed by atoms with Gasteiger partial charge in [-0.1, -0.05) is 24.3 Å². The van der Waals surface area contributed by atoms with Crippen molar-refractivity contribution in [3.63, 3.8) is 0 Å². The van der Waals surface area contributed by atoms with Crippen LogP contribution in [0, 0.1) is 5.92 Å². The van der Waals surface area contributed by atoms with E-state index in [0.29, 0.717) is 24.7 Å². The molecule has 0 unspecified atom stereocenters. The number of esters is 1. The molecule has 2 aliphatic heterocycles. The third kappa shape index (κ3) is 2.93. The van der Waals surface area contributed by atoms with E-state index in [2.05, 4.69) is 4.98 Å². The molecule has 0 aliphatic carbocycles. The zero-order valence-electron chi connectivity index (χ0n) is 16.2. The minimum absolute atomic E-state index is 0.106. The first-order valence-corrected chi connectivity index (χ1v) is 9.51. The van der Waals surface area contributed by atoms with E-state index in [0.717, 1.165) is 22.2 Å². The normalized spacial score (nSPS) is 23.8. The largest absolute Gasteiger partial charge is 0.478 e. The molecule has 1 aromatic heterocycles. The monoisotopic (exact) mass is 394 g/mol. The fourth-order valence-electron chi connectivity index (χ4n) is 4.62. The van der Waals surface area contributed by atoms with Gasteiger partial charge >= 0.3 is 11.9 Å². The van der Waals surface area contributed by atoms with E-state index in [9.17, 15) is 19.5 Å². The fourth-order valence-corrected chi connectivity index (χ4v) is 4.62. The number of hydrogen-bond acceptors (Lipinski definition) is 5. The van der Waals surface area contributed by atoms with Crippen LogP contribution in [0.5, 0.6) is 0 Å². The summed E-state index contributed by atoms with van der Waals surface area (Å²) in [6.45, 7) is 1.72. The molecule has 7 nitrogen and oxygen atoms in total. The summed E-state index contributed by atoms with van der Waals surface area (Å²) < 4.78 is 5.02. The number of methoxy groups -OCH3 is 1. The Morgan fingerprint density at radius 1 is 1.31 bits per heavy atom. The second kappa shape index (κ2) is 7.24. The highest BCUT2D eigenvalue weighted by Crippen LogP contribution is 2.46. The molecule has 4 rings (SSSR count). The zero-order valence-corrected chi connectivity index (χ0v) is 16.2. The third-order valence-corrected chi connectivity index (χ3v) is 6.01. The van der Waals surface area contributed by atoms with E-state index in [4.69, 9.17) is 4.74 Å². The molecule has 0 spiro atoms. The van der Waals surface area contributed by atoms with Crippen molar-refractivity contribution in [3.8, 4) is 0 Å². The average molecular weight is 394 g/mol. The maximum atomic E-state index is 12.6. The Morgan fingerprint density at radius 2 is 2.07 bits per heavy atom. The summed E-state index contributed by atoms with van der Waals surface area (Å²) in [5, 5.41) is 10.8. The van der Waals surface area contributed by atoms with Crippen LogP contribution in [0.1, 0.15) is 30.6 Å². The molecule has 0 saturated carbocycles. The van der Waals surface area contributed by atoms with E-state index in [1.54, 1.807) is 17.9 Å². The van der Waals surface area contributed by atoms with Crippen LogP contribution in [-0.2, 0) is 25.5 Å². The number of aliphatic carboxylic acids is 1. The molecule has 2 N–H and O–H groups in total. The minimum Gasteiger partial charge on any atom is -0.478 e. The highest BCUT2D eigenvalue weighted by atomic mass is 16.5. The van der Waals surface area contributed by atoms with Gasteiger partial charge in [-0.05, 0) is 30.5 Å². The lowest BCUT2D eigenvalue weighted by Gasteiger charge is -2.45. The number of hydrogen-bond donors (Lipinski definition) is 2. The summed E-state index contributed by atoms with van der Waals surface area (Å²) in [5.74, 6) is -2.06. The maximum absolute atomic E-state index is 12.6. The second-order valence-electron chi connectivity index (χ2n) is 7.35. The molecule has 2 aliphatic rings. The first-order valence-electron chi connectivity index (χ1n) is 9.51. The fraction of sp³-hybridized carbons (Fsp3) is 0.318. The molecule has 0 radical (unpaired) electrons. The predicted octanol–water partition coefficient (Wildman–Crippen LogP) is 2.74. The summed E-state index contributed by atoms with van der Waals surface area (Å²) in [7, 11) is 1.33. The van der Waals surface area contributed by atoms with Crippen LogP contribution >= 0.6 is 0 Å². The number of carboxylic acids is 1. The van der Waals surface area contributed by atoms with Gasteiger partial charge in [0.15, 0.2) is 0 Å². The number of para-hydroxylation sites is 1. The highest BCUT2D eigenvalue weighted by molar-refractivity contribution is 5.92. The number of nitrogens with one attached hydrogen (secondary N) is 1. The van der Waals surface area contributed by atoms with Crippen molar-refractivity contribution in [2.75, 3.05) is 7.11 Å². The van der Waals surface area contributed by atoms with E-state index in [-0.39, 0.29) is 11.6 Å². The highest BCUT2D eigenvalue weighted by Gasteiger charge is 2.44. The number of H-pyrrole nitrogens is 1. The number of carboxylic acid groups (broad SMARTS) is 1. The minimum atomic E-state index is -1.10. The first-order chi connectivity index (χ1) is 14.0. The number of carbonyl (C=O) groups excluding carboxylic acids is 2. The molecule has 3 heterocycles. The van der Waals surface area contributed by atoms with E-state index in [1.165, 1.54) is 13.3 Å². The van der Waals surface area contributed by atoms with Crippen LogP contribution in [0.15, 0.2) is 47.7 Å². The van der Waals surface area contributed by atoms with Crippen molar-refractivity contribution in [1.82, 2.24) is 9.88 Å². The number of nitrogens with zero attached hydrogens (tertiary/aromatic N) is 1. The van der Waals surface area contributed by atoms with Gasteiger partial charge in [-0.2, -0.15) is 0 Å². The summed E-state index contributed by atoms with van der Waals surface area (Å²) in [5.41, 5.74) is 3.50. The zero-order chi connectivity index (χ0) is 20.7. The van der Waals surface area contributed by atoms with Crippen molar-refractivity contribution in [2.45, 2.75) is 31.8 Å². The van der Waals surface area contributed by atoms with Crippen molar-refractivity contribution >= 4 is 29.1 Å². The van der Waals surface area contributed by atoms with Crippen LogP contribution in [0.25, 0.3) is 10.9 Å². The van der Waals surface area contributed by atoms with Crippen LogP contribution < -0.4 is 0 Å². The Bertz CT molecular complexity index is 1060. The van der Waals surface area contributed by atoms with E-state index in [1.807, 2.05) is 24.3 Å². The van der Waals surface area contributed by atoms with Crippen molar-refractivity contribution in [2.24, 2.45) is 5.92 Å². The summed E-state index contributed by atoms with van der Waals surface area (Å²) in [6.07, 6.45) is 4.68. The van der Waals surface area contributed by atoms with Gasteiger partial charge in [0.25, 0.3) is 0 Å². The number of carbonyl (C=O) groups is 3. The lowest BCUT2D eigenvalue weighted by molar-refractivity contribution is -0.148. The van der Waals surface area contributed by atoms with Crippen LogP contribution in [0.2, 0.25) is 0 Å². The number of aromatic amines is 1. The van der Waals surface area contributed by atoms with Crippen molar-refractivity contribution in [1.29, 1.82) is 0 Å². The molecule has 7 heteroatoms. The topological polar surface area (TPSA) is 99.7 Å². The smallest absolute Gasteiger partial charge is 0.333 e. The Kier molecular flexibility index (Phi) is 4.74. The molecule has 2 aromatic rings. The molecular weight excluding hydrogens is 372 g/mol. The van der Waals surface area contributed by atoms with Gasteiger partial charge in [-0.3, -0.25) is 4.79 Å². The number of benzene rings is 1. The Labute approximate surface area is 167 Å². The summed E-state index contributed by atoms with van der Waals surface area (Å²) in [6, 6.07) is 6.99. The van der Waals surface area contributed by atoms with Crippen molar-refractivity contribution in [3.05, 3.63) is 58.9 Å². The second-order valence-corrected chi connectivity index (χ2v) is 7.35. The molecule has 0 saturated heterocycles. The van der Waals surface area contributed by atoms with Gasteiger partial charge in [0.2, 0.25) is 0 Å². The Balaban J connectivity index is 1.92. The number of aldehydes is 1. The van der Waals surface area contributed by atoms with Gasteiger partial charge in [0, 0.05) is 35.1 Å². The SMILES string of the molecule is C/C=C(/C=O)[C@@H]1C[C@H]2c3[nH]c4ccccc4c3C[C@@H](C(=O)OC)N2C=C1C(=O)O. The number of aromatic nitrogens is 1. The number of rotatable bonds is 4. The number of ether oxygens (including phenoxy) is 1. The van der Waals surface area contributed by atoms with Gasteiger partial charge in [0.1, 0.15) is 12.3 Å². The maximum Gasteiger partial charge on any atom is 0.333 e. The molecule has 3 atom stereocenters. The lowest BCUT2D eigenvalue weighted by atomic mass is 9.78. The molecular formula is C22H22N2O5. The Morgan fingerprint density at radius 3 is 2.72 bits per heavy atom. The molecule has 29 heavy (non-hydrogen) atoms. The molecule has 0 bridgehead atoms. The standard InChI is InChI=1S/C22H22N2O5/c1-3-12(11-25)14-8-18-20-15(13-6-4-5-7-17(13)23-20)9-19(22(28)29-2)24(18)10-16(14)21(26)27/h3-7,10-11,14,18-19,23H,8-9H2,1-2H3,(H,26,27)/b12-3-/t14-,18-,19-/m0/s1. The predicted molar refractivity (Wildman–Crippen MR) is 106 cm³/mol. The molecule has 1 aromatic carbocycles. The average Bonchev–Trinajstić information content (AvgIpc) is 3.11. The van der Waals surface area contributed by atoms with E-state index < -0.39 is 23.9 Å². The van der Waals surface area contributed by atoms with Gasteiger partial charge in [-0.25, -0.2) is 9.59 Å². The van der Waals surface area contributed by atoms with Crippen LogP contribution in [0.3, 0.4) is 0 Å². The summed E-state index contributed by atoms with van der Waals surface area (Å²) in [4.78, 5) is 41.3. The Hall–Kier alpha value is -3.35.